The first-order chi connectivity index (χ1) is 14.6. The lowest BCUT2D eigenvalue weighted by Gasteiger charge is -2.20. The van der Waals surface area contributed by atoms with E-state index in [1.807, 2.05) is 13.0 Å². The summed E-state index contributed by atoms with van der Waals surface area (Å²) in [5.41, 5.74) is 5.28. The van der Waals surface area contributed by atoms with Crippen molar-refractivity contribution in [2.45, 2.75) is 59.5 Å². The fourth-order valence-corrected chi connectivity index (χ4v) is 4.25. The zero-order chi connectivity index (χ0) is 22.8. The van der Waals surface area contributed by atoms with Gasteiger partial charge in [-0.1, -0.05) is 62.1 Å². The second-order valence-electron chi connectivity index (χ2n) is 9.15. The van der Waals surface area contributed by atoms with Gasteiger partial charge >= 0.3 is 0 Å². The summed E-state index contributed by atoms with van der Waals surface area (Å²) in [6.07, 6.45) is 8.96. The number of benzene rings is 2. The van der Waals surface area contributed by atoms with Crippen LogP contribution in [0.1, 0.15) is 68.4 Å². The third kappa shape index (κ3) is 5.15. The van der Waals surface area contributed by atoms with Gasteiger partial charge in [0, 0.05) is 28.9 Å². The maximum absolute atomic E-state index is 14.9. The number of anilines is 1. The van der Waals surface area contributed by atoms with Gasteiger partial charge < -0.3 is 5.32 Å². The van der Waals surface area contributed by atoms with Crippen LogP contribution in [0.4, 0.5) is 14.5 Å². The van der Waals surface area contributed by atoms with Crippen LogP contribution in [0.3, 0.4) is 0 Å². The van der Waals surface area contributed by atoms with Gasteiger partial charge in [0.2, 0.25) is 0 Å². The number of allylic oxidation sites excluding steroid dienone is 4. The summed E-state index contributed by atoms with van der Waals surface area (Å²) in [4.78, 5) is 0. The zero-order valence-electron chi connectivity index (χ0n) is 19.3. The van der Waals surface area contributed by atoms with Crippen LogP contribution in [0.25, 0.3) is 11.6 Å². The quantitative estimate of drug-likeness (QED) is 0.473. The fourth-order valence-electron chi connectivity index (χ4n) is 4.25. The van der Waals surface area contributed by atoms with Gasteiger partial charge in [-0.3, -0.25) is 0 Å². The lowest BCUT2D eigenvalue weighted by Crippen LogP contribution is -2.14. The molecule has 164 valence electrons. The Morgan fingerprint density at radius 1 is 1.26 bits per heavy atom. The molecule has 3 heteroatoms. The zero-order valence-corrected chi connectivity index (χ0v) is 19.3. The highest BCUT2D eigenvalue weighted by atomic mass is 19.1. The van der Waals surface area contributed by atoms with Crippen molar-refractivity contribution in [2.75, 3.05) is 5.32 Å². The normalized spacial score (nSPS) is 16.6. The maximum Gasteiger partial charge on any atom is 0.133 e. The van der Waals surface area contributed by atoms with Crippen LogP contribution in [0.2, 0.25) is 0 Å². The third-order valence-corrected chi connectivity index (χ3v) is 5.89. The van der Waals surface area contributed by atoms with E-state index in [2.05, 4.69) is 50.0 Å². The average molecular weight is 422 g/mol. The second-order valence-corrected chi connectivity index (χ2v) is 9.15. The van der Waals surface area contributed by atoms with E-state index >= 15 is 0 Å². The summed E-state index contributed by atoms with van der Waals surface area (Å²) in [6, 6.07) is 9.21. The summed E-state index contributed by atoms with van der Waals surface area (Å²) in [6.45, 7) is 13.2. The largest absolute Gasteiger partial charge is 0.358 e. The van der Waals surface area contributed by atoms with Crippen molar-refractivity contribution < 1.29 is 8.78 Å². The molecule has 1 N–H and O–H groups in total. The Bertz CT molecular complexity index is 1040. The number of halogens is 2. The van der Waals surface area contributed by atoms with Crippen molar-refractivity contribution >= 4 is 17.3 Å². The van der Waals surface area contributed by atoms with Crippen LogP contribution >= 0.6 is 0 Å². The monoisotopic (exact) mass is 421 g/mol. The van der Waals surface area contributed by atoms with Crippen LogP contribution in [-0.2, 0) is 12.1 Å². The van der Waals surface area contributed by atoms with Crippen molar-refractivity contribution in [2.24, 2.45) is 5.92 Å². The molecule has 2 aromatic carbocycles. The molecule has 0 heterocycles. The average Bonchev–Trinajstić information content (AvgIpc) is 3.11. The van der Waals surface area contributed by atoms with E-state index < -0.39 is 11.5 Å². The highest BCUT2D eigenvalue weighted by Gasteiger charge is 2.25. The Labute approximate surface area is 185 Å². The summed E-state index contributed by atoms with van der Waals surface area (Å²) in [7, 11) is 0. The van der Waals surface area contributed by atoms with Crippen molar-refractivity contribution in [3.05, 3.63) is 88.4 Å². The number of hydrogen-bond acceptors (Lipinski definition) is 1. The Kier molecular flexibility index (Phi) is 6.83. The maximum atomic E-state index is 14.9. The van der Waals surface area contributed by atoms with E-state index in [4.69, 9.17) is 0 Å². The summed E-state index contributed by atoms with van der Waals surface area (Å²) < 4.78 is 29.3. The van der Waals surface area contributed by atoms with Gasteiger partial charge in [0.25, 0.3) is 0 Å². The van der Waals surface area contributed by atoms with Gasteiger partial charge in [0.15, 0.2) is 0 Å². The Balaban J connectivity index is 1.92. The highest BCUT2D eigenvalue weighted by Crippen LogP contribution is 2.38. The van der Waals surface area contributed by atoms with Gasteiger partial charge in [-0.2, -0.15) is 0 Å². The third-order valence-electron chi connectivity index (χ3n) is 5.89. The van der Waals surface area contributed by atoms with Crippen molar-refractivity contribution in [1.82, 2.24) is 0 Å². The first-order valence-electron chi connectivity index (χ1n) is 11.0. The minimum atomic E-state index is -1.73. The van der Waals surface area contributed by atoms with E-state index in [1.54, 1.807) is 12.1 Å². The minimum absolute atomic E-state index is 0.0767. The molecule has 0 saturated carbocycles. The van der Waals surface area contributed by atoms with Gasteiger partial charge in [-0.05, 0) is 68.7 Å². The molecule has 1 unspecified atom stereocenters. The van der Waals surface area contributed by atoms with Crippen molar-refractivity contribution in [1.29, 1.82) is 0 Å². The number of hydrogen-bond donors (Lipinski definition) is 1. The molecule has 0 bridgehead atoms. The molecule has 0 amide bonds. The first kappa shape index (κ1) is 23.0. The molecule has 31 heavy (non-hydrogen) atoms. The Hall–Kier alpha value is -2.68. The fraction of sp³-hybridized carbons (Fsp3) is 0.357. The summed E-state index contributed by atoms with van der Waals surface area (Å²) >= 11 is 0. The van der Waals surface area contributed by atoms with Gasteiger partial charge in [-0.25, -0.2) is 8.78 Å². The lowest BCUT2D eigenvalue weighted by molar-refractivity contribution is 0.213. The van der Waals surface area contributed by atoms with Crippen molar-refractivity contribution in [3.63, 3.8) is 0 Å². The van der Waals surface area contributed by atoms with Gasteiger partial charge in [0.05, 0.1) is 0 Å². The van der Waals surface area contributed by atoms with Gasteiger partial charge in [0.1, 0.15) is 11.5 Å². The Morgan fingerprint density at radius 3 is 2.61 bits per heavy atom. The predicted molar refractivity (Wildman–Crippen MR) is 129 cm³/mol. The number of nitrogens with one attached hydrogen (secondary N) is 1. The number of aryl methyl sites for hydroxylation is 1. The Morgan fingerprint density at radius 2 is 2.00 bits per heavy atom. The molecule has 1 atom stereocenters. The molecular formula is C28H33F2N. The SMILES string of the molecule is C=C(Cc1cccc(C(C)(C)F)c1F)Nc1c(C)ccc(C2=CCC(C)C2)c1/C=C\C. The standard InChI is InChI=1S/C28H33F2N/c1-7-9-24-23(21-14-12-18(2)16-21)15-13-19(3)27(24)31-20(4)17-22-10-8-11-25(26(22)29)28(5,6)30/h7-11,13-15,18,31H,4,12,16-17H2,1-3,5-6H3/b9-7-. The van der Waals surface area contributed by atoms with Crippen molar-refractivity contribution in [3.8, 4) is 0 Å². The molecule has 1 nitrogen and oxygen atoms in total. The van der Waals surface area contributed by atoms with Crippen LogP contribution in [0.15, 0.2) is 54.8 Å². The lowest BCUT2D eigenvalue weighted by atomic mass is 9.93. The molecule has 0 spiro atoms. The molecule has 0 saturated heterocycles. The molecule has 0 aromatic heterocycles. The van der Waals surface area contributed by atoms with Gasteiger partial charge in [-0.15, -0.1) is 0 Å². The smallest absolute Gasteiger partial charge is 0.133 e. The first-order valence-corrected chi connectivity index (χ1v) is 11.0. The predicted octanol–water partition coefficient (Wildman–Crippen LogP) is 8.35. The van der Waals surface area contributed by atoms with E-state index in [9.17, 15) is 8.78 Å². The van der Waals surface area contributed by atoms with Crippen LogP contribution in [-0.4, -0.2) is 0 Å². The summed E-state index contributed by atoms with van der Waals surface area (Å²) in [5, 5.41) is 3.44. The van der Waals surface area contributed by atoms with E-state index in [0.717, 1.165) is 29.7 Å². The second kappa shape index (κ2) is 9.21. The highest BCUT2D eigenvalue weighted by molar-refractivity contribution is 5.84. The number of rotatable bonds is 7. The summed E-state index contributed by atoms with van der Waals surface area (Å²) in [5.74, 6) is 0.165. The van der Waals surface area contributed by atoms with Crippen LogP contribution in [0, 0.1) is 18.7 Å². The topological polar surface area (TPSA) is 12.0 Å². The molecule has 1 aliphatic rings. The molecular weight excluding hydrogens is 388 g/mol. The number of alkyl halides is 1. The molecule has 0 fully saturated rings. The molecule has 0 aliphatic heterocycles. The molecule has 1 aliphatic carbocycles. The molecule has 3 rings (SSSR count). The minimum Gasteiger partial charge on any atom is -0.358 e. The molecule has 2 aromatic rings. The van der Waals surface area contributed by atoms with Crippen LogP contribution < -0.4 is 5.32 Å². The molecule has 0 radical (unpaired) electrons. The van der Waals surface area contributed by atoms with E-state index in [0.29, 0.717) is 17.2 Å². The van der Waals surface area contributed by atoms with E-state index in [1.165, 1.54) is 31.1 Å². The van der Waals surface area contributed by atoms with E-state index in [-0.39, 0.29) is 12.0 Å². The van der Waals surface area contributed by atoms with Crippen LogP contribution in [0.5, 0.6) is 0 Å².